The van der Waals surface area contributed by atoms with Gasteiger partial charge in [-0.15, -0.1) is 0 Å². The number of halogens is 3. The number of ether oxygens (including phenoxy) is 1. The van der Waals surface area contributed by atoms with E-state index in [9.17, 15) is 22.8 Å². The lowest BCUT2D eigenvalue weighted by Gasteiger charge is -2.43. The van der Waals surface area contributed by atoms with E-state index in [1.165, 1.54) is 12.1 Å². The van der Waals surface area contributed by atoms with E-state index in [1.807, 2.05) is 0 Å². The summed E-state index contributed by atoms with van der Waals surface area (Å²) in [4.78, 5) is 26.6. The van der Waals surface area contributed by atoms with Crippen molar-refractivity contribution in [3.05, 3.63) is 35.4 Å². The maximum absolute atomic E-state index is 13.1. The van der Waals surface area contributed by atoms with Crippen molar-refractivity contribution in [3.63, 3.8) is 0 Å². The van der Waals surface area contributed by atoms with Gasteiger partial charge in [-0.2, -0.15) is 13.2 Å². The van der Waals surface area contributed by atoms with Gasteiger partial charge in [0.05, 0.1) is 5.56 Å². The van der Waals surface area contributed by atoms with Gasteiger partial charge in [0.25, 0.3) is 5.91 Å². The minimum absolute atomic E-state index is 0.00407. The molecule has 27 heavy (non-hydrogen) atoms. The molecule has 1 saturated heterocycles. The first-order chi connectivity index (χ1) is 12.7. The van der Waals surface area contributed by atoms with Crippen LogP contribution >= 0.6 is 0 Å². The molecule has 2 amide bonds. The smallest absolute Gasteiger partial charge is 0.367 e. The number of nitrogens with two attached hydrogens (primary N) is 1. The Balaban J connectivity index is 1.88. The van der Waals surface area contributed by atoms with Gasteiger partial charge in [-0.25, -0.2) is 0 Å². The van der Waals surface area contributed by atoms with Crippen LogP contribution in [0.25, 0.3) is 0 Å². The van der Waals surface area contributed by atoms with Crippen LogP contribution in [0.4, 0.5) is 13.2 Å². The van der Waals surface area contributed by atoms with Crippen molar-refractivity contribution >= 4 is 11.8 Å². The molecule has 2 atom stereocenters. The van der Waals surface area contributed by atoms with Crippen LogP contribution in [0, 0.1) is 0 Å². The third-order valence-electron chi connectivity index (χ3n) is 5.42. The number of nitrogens with zero attached hydrogens (tertiary/aromatic N) is 1. The van der Waals surface area contributed by atoms with Gasteiger partial charge in [-0.05, 0) is 43.9 Å². The molecule has 1 aromatic rings. The third kappa shape index (κ3) is 3.95. The fraction of sp³-hybridized carbons (Fsp3) is 0.579. The largest absolute Gasteiger partial charge is 0.416 e. The molecule has 1 aromatic carbocycles. The van der Waals surface area contributed by atoms with Crippen LogP contribution in [0.5, 0.6) is 0 Å². The zero-order valence-corrected chi connectivity index (χ0v) is 15.1. The van der Waals surface area contributed by atoms with Crippen molar-refractivity contribution in [1.29, 1.82) is 0 Å². The minimum Gasteiger partial charge on any atom is -0.367 e. The zero-order chi connectivity index (χ0) is 19.8. The van der Waals surface area contributed by atoms with E-state index < -0.39 is 29.2 Å². The third-order valence-corrected chi connectivity index (χ3v) is 5.42. The summed E-state index contributed by atoms with van der Waals surface area (Å²) < 4.78 is 44.6. The molecule has 5 nitrogen and oxygen atoms in total. The fourth-order valence-corrected chi connectivity index (χ4v) is 3.72. The Bertz CT molecular complexity index is 733. The number of hydrogen-bond acceptors (Lipinski definition) is 3. The predicted molar refractivity (Wildman–Crippen MR) is 91.8 cm³/mol. The van der Waals surface area contributed by atoms with E-state index in [0.29, 0.717) is 12.8 Å². The van der Waals surface area contributed by atoms with Crippen molar-refractivity contribution < 1.29 is 27.5 Å². The summed E-state index contributed by atoms with van der Waals surface area (Å²) in [6.07, 6.45) is -1.73. The topological polar surface area (TPSA) is 72.6 Å². The van der Waals surface area contributed by atoms with Crippen molar-refractivity contribution in [3.8, 4) is 0 Å². The molecule has 148 valence electrons. The predicted octanol–water partition coefficient (Wildman–Crippen LogP) is 3.12. The number of carbonyl (C=O) groups excluding carboxylic acids is 2. The average Bonchev–Trinajstić information content (AvgIpc) is 3.46. The maximum Gasteiger partial charge on any atom is 0.416 e. The lowest BCUT2D eigenvalue weighted by molar-refractivity contribution is -0.155. The Kier molecular flexibility index (Phi) is 5.20. The van der Waals surface area contributed by atoms with Crippen LogP contribution in [0.1, 0.15) is 54.9 Å². The highest BCUT2D eigenvalue weighted by Gasteiger charge is 2.47. The summed E-state index contributed by atoms with van der Waals surface area (Å²) in [7, 11) is 0. The second kappa shape index (κ2) is 7.14. The summed E-state index contributed by atoms with van der Waals surface area (Å²) in [6.45, 7) is 2.07. The Labute approximate surface area is 155 Å². The van der Waals surface area contributed by atoms with E-state index in [0.717, 1.165) is 25.0 Å². The van der Waals surface area contributed by atoms with Gasteiger partial charge in [0.1, 0.15) is 5.60 Å². The quantitative estimate of drug-likeness (QED) is 0.848. The van der Waals surface area contributed by atoms with Crippen LogP contribution < -0.4 is 5.73 Å². The second-order valence-electron chi connectivity index (χ2n) is 7.23. The highest BCUT2D eigenvalue weighted by molar-refractivity contribution is 5.95. The first kappa shape index (κ1) is 19.7. The highest BCUT2D eigenvalue weighted by atomic mass is 19.4. The van der Waals surface area contributed by atoms with Gasteiger partial charge >= 0.3 is 6.18 Å². The van der Waals surface area contributed by atoms with Crippen molar-refractivity contribution in [2.45, 2.75) is 62.9 Å². The number of hydrogen-bond donors (Lipinski definition) is 1. The number of alkyl halides is 3. The van der Waals surface area contributed by atoms with E-state index in [4.69, 9.17) is 10.5 Å². The van der Waals surface area contributed by atoms with Crippen LogP contribution in [0.15, 0.2) is 24.3 Å². The molecule has 1 aliphatic heterocycles. The Morgan fingerprint density at radius 2 is 1.96 bits per heavy atom. The van der Waals surface area contributed by atoms with E-state index in [-0.39, 0.29) is 30.7 Å². The Hall–Kier alpha value is -2.09. The molecule has 1 heterocycles. The van der Waals surface area contributed by atoms with Crippen LogP contribution in [-0.4, -0.2) is 41.0 Å². The molecule has 0 aromatic heterocycles. The summed E-state index contributed by atoms with van der Waals surface area (Å²) in [5, 5.41) is 0. The standard InChI is InChI=1S/C19H23F3N2O3/c1-2-18(17(23)26)11-15(8-9-27-18)24(14-6-7-14)16(25)12-4-3-5-13(10-12)19(20,21)22/h3-5,10,14-15H,2,6-9,11H2,1H3,(H2,23,26). The van der Waals surface area contributed by atoms with Crippen LogP contribution in [-0.2, 0) is 15.7 Å². The average molecular weight is 384 g/mol. The molecule has 1 saturated carbocycles. The molecule has 2 aliphatic rings. The van der Waals surface area contributed by atoms with Gasteiger partial charge in [-0.1, -0.05) is 13.0 Å². The SMILES string of the molecule is CCC1(C(N)=O)CC(N(C(=O)c2cccc(C(F)(F)F)c2)C2CC2)CCO1. The Morgan fingerprint density at radius 3 is 2.52 bits per heavy atom. The zero-order valence-electron chi connectivity index (χ0n) is 15.1. The summed E-state index contributed by atoms with van der Waals surface area (Å²) in [5.41, 5.74) is 3.55. The molecule has 2 N–H and O–H groups in total. The summed E-state index contributed by atoms with van der Waals surface area (Å²) >= 11 is 0. The number of benzene rings is 1. The number of rotatable bonds is 5. The van der Waals surface area contributed by atoms with Crippen LogP contribution in [0.3, 0.4) is 0 Å². The normalized spacial score (nSPS) is 25.9. The molecule has 2 fully saturated rings. The monoisotopic (exact) mass is 384 g/mol. The molecule has 3 rings (SSSR count). The molecule has 0 radical (unpaired) electrons. The molecule has 1 aliphatic carbocycles. The molecule has 2 unspecified atom stereocenters. The first-order valence-corrected chi connectivity index (χ1v) is 9.12. The summed E-state index contributed by atoms with van der Waals surface area (Å²) in [5.74, 6) is -1.01. The van der Waals surface area contributed by atoms with Crippen molar-refractivity contribution in [2.75, 3.05) is 6.61 Å². The first-order valence-electron chi connectivity index (χ1n) is 9.12. The maximum atomic E-state index is 13.1. The number of amides is 2. The lowest BCUT2D eigenvalue weighted by atomic mass is 9.86. The van der Waals surface area contributed by atoms with E-state index in [2.05, 4.69) is 0 Å². The van der Waals surface area contributed by atoms with Crippen LogP contribution in [0.2, 0.25) is 0 Å². The summed E-state index contributed by atoms with van der Waals surface area (Å²) in [6, 6.07) is 4.16. The fourth-order valence-electron chi connectivity index (χ4n) is 3.72. The van der Waals surface area contributed by atoms with Crippen molar-refractivity contribution in [1.82, 2.24) is 4.90 Å². The van der Waals surface area contributed by atoms with Gasteiger partial charge in [0.15, 0.2) is 0 Å². The van der Waals surface area contributed by atoms with Gasteiger partial charge < -0.3 is 15.4 Å². The van der Waals surface area contributed by atoms with Crippen molar-refractivity contribution in [2.24, 2.45) is 5.73 Å². The number of primary amides is 1. The minimum atomic E-state index is -4.51. The molecule has 0 spiro atoms. The lowest BCUT2D eigenvalue weighted by Crippen LogP contribution is -2.56. The van der Waals surface area contributed by atoms with Gasteiger partial charge in [0.2, 0.25) is 5.91 Å². The Morgan fingerprint density at radius 1 is 1.26 bits per heavy atom. The second-order valence-corrected chi connectivity index (χ2v) is 7.23. The molecule has 8 heteroatoms. The van der Waals surface area contributed by atoms with E-state index in [1.54, 1.807) is 11.8 Å². The van der Waals surface area contributed by atoms with Gasteiger partial charge in [-0.3, -0.25) is 9.59 Å². The van der Waals surface area contributed by atoms with E-state index >= 15 is 0 Å². The molecular formula is C19H23F3N2O3. The highest BCUT2D eigenvalue weighted by Crippen LogP contribution is 2.38. The molecular weight excluding hydrogens is 361 g/mol. The number of carbonyl (C=O) groups is 2. The molecule has 0 bridgehead atoms. The van der Waals surface area contributed by atoms with Gasteiger partial charge in [0, 0.05) is 30.7 Å².